The lowest BCUT2D eigenvalue weighted by molar-refractivity contribution is 0.0692. The Balaban J connectivity index is 1.32. The zero-order valence-corrected chi connectivity index (χ0v) is 16.8. The smallest absolute Gasteiger partial charge is 0.413 e. The van der Waals surface area contributed by atoms with Crippen molar-refractivity contribution in [2.45, 2.75) is 5.92 Å². The minimum absolute atomic E-state index is 0.0669. The predicted molar refractivity (Wildman–Crippen MR) is 115 cm³/mol. The highest BCUT2D eigenvalue weighted by Gasteiger charge is 2.29. The number of fused-ring (bicyclic) bond motifs is 3. The van der Waals surface area contributed by atoms with Gasteiger partial charge in [-0.25, -0.2) is 19.6 Å². The van der Waals surface area contributed by atoms with Gasteiger partial charge in [-0.1, -0.05) is 59.9 Å². The molecule has 0 aliphatic heterocycles. The molecule has 2 aromatic carbocycles. The number of carbonyl (C=O) groups excluding carboxylic acids is 1. The maximum Gasteiger partial charge on any atom is 0.413 e. The van der Waals surface area contributed by atoms with Crippen molar-refractivity contribution in [1.29, 1.82) is 0 Å². The van der Waals surface area contributed by atoms with Crippen molar-refractivity contribution in [3.05, 3.63) is 77.7 Å². The summed E-state index contributed by atoms with van der Waals surface area (Å²) in [5.74, 6) is -0.901. The van der Waals surface area contributed by atoms with Crippen LogP contribution in [0.1, 0.15) is 27.5 Å². The third-order valence-electron chi connectivity index (χ3n) is 5.10. The summed E-state index contributed by atoms with van der Waals surface area (Å²) in [6, 6.07) is 16.1. The van der Waals surface area contributed by atoms with Gasteiger partial charge >= 0.3 is 12.1 Å². The fourth-order valence-electron chi connectivity index (χ4n) is 3.79. The number of aromatic nitrogens is 3. The van der Waals surface area contributed by atoms with E-state index in [1.165, 1.54) is 6.20 Å². The Morgan fingerprint density at radius 1 is 1.10 bits per heavy atom. The number of H-pyrrole nitrogens is 1. The summed E-state index contributed by atoms with van der Waals surface area (Å²) in [5.41, 5.74) is 4.31. The Hall–Kier alpha value is -3.98. The summed E-state index contributed by atoms with van der Waals surface area (Å²) in [4.78, 5) is 35.2. The number of aromatic carboxylic acids is 1. The van der Waals surface area contributed by atoms with Gasteiger partial charge in [-0.15, -0.1) is 0 Å². The van der Waals surface area contributed by atoms with E-state index in [1.807, 2.05) is 36.4 Å². The van der Waals surface area contributed by atoms with E-state index in [2.05, 4.69) is 32.4 Å². The molecule has 0 spiro atoms. The van der Waals surface area contributed by atoms with Crippen LogP contribution in [0.4, 0.5) is 9.93 Å². The van der Waals surface area contributed by atoms with Crippen LogP contribution in [-0.4, -0.2) is 38.7 Å². The van der Waals surface area contributed by atoms with E-state index in [9.17, 15) is 14.7 Å². The number of nitrogens with one attached hydrogen (secondary N) is 2. The first-order valence-electron chi connectivity index (χ1n) is 9.47. The number of nitrogens with zero attached hydrogens (tertiary/aromatic N) is 2. The van der Waals surface area contributed by atoms with E-state index >= 15 is 0 Å². The van der Waals surface area contributed by atoms with Crippen molar-refractivity contribution in [2.24, 2.45) is 0 Å². The lowest BCUT2D eigenvalue weighted by Crippen LogP contribution is -2.18. The SMILES string of the molecule is O=C(Nc1nc(C(=O)O)c(-c2ncc[nH]2)s1)OCC1c2ccccc2-c2ccccc21. The Kier molecular flexibility index (Phi) is 4.72. The molecule has 0 bridgehead atoms. The van der Waals surface area contributed by atoms with Gasteiger partial charge in [0.1, 0.15) is 17.3 Å². The number of thiazole rings is 1. The number of hydrogen-bond donors (Lipinski definition) is 3. The molecular formula is C22H16N4O4S. The number of imidazole rings is 1. The first-order chi connectivity index (χ1) is 15.1. The number of carboxylic acid groups (broad SMARTS) is 1. The van der Waals surface area contributed by atoms with Gasteiger partial charge < -0.3 is 14.8 Å². The minimum atomic E-state index is -1.21. The molecule has 154 valence electrons. The minimum Gasteiger partial charge on any atom is -0.476 e. The van der Waals surface area contributed by atoms with Gasteiger partial charge in [0, 0.05) is 18.3 Å². The molecule has 0 radical (unpaired) electrons. The van der Waals surface area contributed by atoms with Gasteiger partial charge in [0.15, 0.2) is 10.8 Å². The van der Waals surface area contributed by atoms with Crippen LogP contribution in [0.2, 0.25) is 0 Å². The summed E-state index contributed by atoms with van der Waals surface area (Å²) >= 11 is 1.01. The summed E-state index contributed by atoms with van der Waals surface area (Å²) < 4.78 is 5.49. The molecule has 1 aliphatic carbocycles. The predicted octanol–water partition coefficient (Wildman–Crippen LogP) is 4.59. The largest absolute Gasteiger partial charge is 0.476 e. The van der Waals surface area contributed by atoms with Crippen LogP contribution in [0.15, 0.2) is 60.9 Å². The third kappa shape index (κ3) is 3.44. The van der Waals surface area contributed by atoms with Crippen LogP contribution in [-0.2, 0) is 4.74 Å². The van der Waals surface area contributed by atoms with Crippen molar-refractivity contribution >= 4 is 28.5 Å². The van der Waals surface area contributed by atoms with E-state index in [0.717, 1.165) is 33.6 Å². The normalized spacial score (nSPS) is 12.3. The second-order valence-electron chi connectivity index (χ2n) is 6.89. The van der Waals surface area contributed by atoms with Crippen molar-refractivity contribution in [2.75, 3.05) is 11.9 Å². The molecule has 3 N–H and O–H groups in total. The standard InChI is InChI=1S/C22H16N4O4S/c27-20(28)17-18(19-23-9-10-24-19)31-21(25-17)26-22(29)30-11-16-14-7-3-1-5-12(14)13-6-2-4-8-15(13)16/h1-10,16H,11H2,(H,23,24)(H,27,28)(H,25,26,29). The second-order valence-corrected chi connectivity index (χ2v) is 7.89. The van der Waals surface area contributed by atoms with E-state index in [1.54, 1.807) is 6.20 Å². The highest BCUT2D eigenvalue weighted by atomic mass is 32.1. The molecule has 0 fully saturated rings. The van der Waals surface area contributed by atoms with Gasteiger partial charge in [0.25, 0.3) is 0 Å². The van der Waals surface area contributed by atoms with Gasteiger partial charge in [-0.3, -0.25) is 5.32 Å². The number of hydrogen-bond acceptors (Lipinski definition) is 6. The number of anilines is 1. The number of ether oxygens (including phenoxy) is 1. The van der Waals surface area contributed by atoms with Crippen LogP contribution in [0, 0.1) is 0 Å². The van der Waals surface area contributed by atoms with Crippen molar-refractivity contribution in [3.63, 3.8) is 0 Å². The number of benzene rings is 2. The van der Waals surface area contributed by atoms with Crippen LogP contribution in [0.5, 0.6) is 0 Å². The van der Waals surface area contributed by atoms with Crippen LogP contribution in [0.3, 0.4) is 0 Å². The maximum absolute atomic E-state index is 12.4. The van der Waals surface area contributed by atoms with Crippen LogP contribution in [0.25, 0.3) is 21.8 Å². The first-order valence-corrected chi connectivity index (χ1v) is 10.3. The zero-order valence-electron chi connectivity index (χ0n) is 16.0. The van der Waals surface area contributed by atoms with Crippen LogP contribution >= 0.6 is 11.3 Å². The molecule has 8 nitrogen and oxygen atoms in total. The highest BCUT2D eigenvalue weighted by molar-refractivity contribution is 7.19. The van der Waals surface area contributed by atoms with Gasteiger partial charge in [0.05, 0.1) is 0 Å². The maximum atomic E-state index is 12.4. The van der Waals surface area contributed by atoms with Crippen molar-refractivity contribution < 1.29 is 19.4 Å². The second kappa shape index (κ2) is 7.69. The quantitative estimate of drug-likeness (QED) is 0.425. The number of aromatic amines is 1. The molecule has 0 atom stereocenters. The molecule has 31 heavy (non-hydrogen) atoms. The molecule has 0 unspecified atom stereocenters. The highest BCUT2D eigenvalue weighted by Crippen LogP contribution is 2.44. The van der Waals surface area contributed by atoms with E-state index in [-0.39, 0.29) is 23.4 Å². The van der Waals surface area contributed by atoms with E-state index < -0.39 is 12.1 Å². The van der Waals surface area contributed by atoms with Crippen LogP contribution < -0.4 is 5.32 Å². The molecular weight excluding hydrogens is 416 g/mol. The number of carboxylic acids is 1. The van der Waals surface area contributed by atoms with E-state index in [4.69, 9.17) is 4.74 Å². The molecule has 5 rings (SSSR count). The van der Waals surface area contributed by atoms with Gasteiger partial charge in [-0.05, 0) is 22.3 Å². The Bertz CT molecular complexity index is 1240. The number of amides is 1. The van der Waals surface area contributed by atoms with Crippen molar-refractivity contribution in [1.82, 2.24) is 15.0 Å². The van der Waals surface area contributed by atoms with Gasteiger partial charge in [0.2, 0.25) is 0 Å². The molecule has 2 heterocycles. The van der Waals surface area contributed by atoms with Gasteiger partial charge in [-0.2, -0.15) is 0 Å². The van der Waals surface area contributed by atoms with Crippen molar-refractivity contribution in [3.8, 4) is 21.8 Å². The fourth-order valence-corrected chi connectivity index (χ4v) is 4.69. The summed E-state index contributed by atoms with van der Waals surface area (Å²) in [7, 11) is 0. The fraction of sp³-hybridized carbons (Fsp3) is 0.0909. The number of rotatable bonds is 5. The molecule has 9 heteroatoms. The zero-order chi connectivity index (χ0) is 21.4. The summed E-state index contributed by atoms with van der Waals surface area (Å²) in [6.07, 6.45) is 2.40. The topological polar surface area (TPSA) is 117 Å². The monoisotopic (exact) mass is 432 g/mol. The summed E-state index contributed by atoms with van der Waals surface area (Å²) in [5, 5.41) is 12.1. The summed E-state index contributed by atoms with van der Waals surface area (Å²) in [6.45, 7) is 0.155. The molecule has 1 amide bonds. The van der Waals surface area contributed by atoms with E-state index in [0.29, 0.717) is 10.7 Å². The third-order valence-corrected chi connectivity index (χ3v) is 6.07. The first kappa shape index (κ1) is 19.0. The Morgan fingerprint density at radius 2 is 1.77 bits per heavy atom. The number of carbonyl (C=O) groups is 2. The average Bonchev–Trinajstić information content (AvgIpc) is 3.50. The molecule has 0 saturated carbocycles. The lowest BCUT2D eigenvalue weighted by Gasteiger charge is -2.14. The Labute approximate surface area is 180 Å². The lowest BCUT2D eigenvalue weighted by atomic mass is 9.98. The molecule has 4 aromatic rings. The average molecular weight is 432 g/mol. The Morgan fingerprint density at radius 3 is 2.39 bits per heavy atom. The molecule has 0 saturated heterocycles. The molecule has 1 aliphatic rings. The molecule has 2 aromatic heterocycles.